The fourth-order valence-corrected chi connectivity index (χ4v) is 1.83. The second kappa shape index (κ2) is 6.23. The topological polar surface area (TPSA) is 75.9 Å². The zero-order valence-corrected chi connectivity index (χ0v) is 11.7. The first kappa shape index (κ1) is 13.4. The van der Waals surface area contributed by atoms with Crippen LogP contribution in [0.15, 0.2) is 53.3 Å². The Labute approximate surface area is 126 Å². The van der Waals surface area contributed by atoms with Gasteiger partial charge in [0.05, 0.1) is 19.0 Å². The molecule has 0 bridgehead atoms. The summed E-state index contributed by atoms with van der Waals surface area (Å²) in [6.45, 7) is 0.499. The van der Waals surface area contributed by atoms with Gasteiger partial charge in [0.1, 0.15) is 5.76 Å². The smallest absolute Gasteiger partial charge is 0.245 e. The molecular weight excluding hydrogens is 290 g/mol. The van der Waals surface area contributed by atoms with Gasteiger partial charge in [-0.05, 0) is 36.4 Å². The van der Waals surface area contributed by atoms with Crippen LogP contribution in [0.3, 0.4) is 0 Å². The van der Waals surface area contributed by atoms with Gasteiger partial charge in [-0.15, -0.1) is 5.10 Å². The minimum absolute atomic E-state index is 0.422. The Kier molecular flexibility index (Phi) is 3.97. The Morgan fingerprint density at radius 1 is 1.14 bits per heavy atom. The quantitative estimate of drug-likeness (QED) is 0.751. The highest BCUT2D eigenvalue weighted by Crippen LogP contribution is 2.17. The van der Waals surface area contributed by atoms with Gasteiger partial charge in [-0.1, -0.05) is 11.6 Å². The van der Waals surface area contributed by atoms with E-state index in [-0.39, 0.29) is 0 Å². The van der Waals surface area contributed by atoms with E-state index in [4.69, 9.17) is 16.0 Å². The third-order valence-corrected chi connectivity index (χ3v) is 2.93. The van der Waals surface area contributed by atoms with Crippen molar-refractivity contribution in [3.05, 3.63) is 59.6 Å². The summed E-state index contributed by atoms with van der Waals surface area (Å²) >= 11 is 5.85. The number of nitrogens with one attached hydrogen (secondary N) is 2. The lowest BCUT2D eigenvalue weighted by Gasteiger charge is -2.07. The molecule has 2 N–H and O–H groups in total. The van der Waals surface area contributed by atoms with E-state index in [2.05, 4.69) is 25.8 Å². The van der Waals surface area contributed by atoms with E-state index in [1.807, 2.05) is 24.3 Å². The van der Waals surface area contributed by atoms with E-state index in [1.165, 1.54) is 0 Å². The second-order valence-corrected chi connectivity index (χ2v) is 4.67. The lowest BCUT2D eigenvalue weighted by Crippen LogP contribution is -2.05. The molecule has 6 nitrogen and oxygen atoms in total. The molecule has 0 saturated heterocycles. The van der Waals surface area contributed by atoms with Crippen molar-refractivity contribution in [1.82, 2.24) is 15.2 Å². The van der Waals surface area contributed by atoms with E-state index >= 15 is 0 Å². The third kappa shape index (κ3) is 3.70. The fraction of sp³-hybridized carbons (Fsp3) is 0.0714. The molecule has 0 fully saturated rings. The molecule has 21 heavy (non-hydrogen) atoms. The van der Waals surface area contributed by atoms with Crippen molar-refractivity contribution in [2.45, 2.75) is 6.54 Å². The Balaban J connectivity index is 1.66. The maximum absolute atomic E-state index is 5.85. The number of benzene rings is 1. The van der Waals surface area contributed by atoms with Gasteiger partial charge in [0.25, 0.3) is 0 Å². The van der Waals surface area contributed by atoms with Crippen LogP contribution in [0, 0.1) is 0 Å². The highest BCUT2D eigenvalue weighted by atomic mass is 35.5. The molecular formula is C14H12ClN5O. The summed E-state index contributed by atoms with van der Waals surface area (Å²) in [7, 11) is 0. The minimum Gasteiger partial charge on any atom is -0.467 e. The molecule has 2 aromatic heterocycles. The van der Waals surface area contributed by atoms with Crippen molar-refractivity contribution in [1.29, 1.82) is 0 Å². The molecule has 0 atom stereocenters. The summed E-state index contributed by atoms with van der Waals surface area (Å²) < 4.78 is 5.23. The number of hydrogen-bond donors (Lipinski definition) is 2. The minimum atomic E-state index is 0.422. The van der Waals surface area contributed by atoms with Gasteiger partial charge in [0.15, 0.2) is 5.82 Å². The summed E-state index contributed by atoms with van der Waals surface area (Å²) in [4.78, 5) is 4.32. The summed E-state index contributed by atoms with van der Waals surface area (Å²) in [6, 6.07) is 11.0. The molecule has 0 aliphatic carbocycles. The second-order valence-electron chi connectivity index (χ2n) is 4.23. The normalized spacial score (nSPS) is 10.3. The average molecular weight is 302 g/mol. The number of rotatable bonds is 5. The molecule has 0 radical (unpaired) electrons. The van der Waals surface area contributed by atoms with Gasteiger partial charge in [0, 0.05) is 10.7 Å². The summed E-state index contributed by atoms with van der Waals surface area (Å²) in [5.74, 6) is 1.81. The molecule has 0 aliphatic heterocycles. The van der Waals surface area contributed by atoms with Gasteiger partial charge in [-0.25, -0.2) is 0 Å². The number of anilines is 3. The molecule has 0 saturated carbocycles. The maximum atomic E-state index is 5.85. The fourth-order valence-electron chi connectivity index (χ4n) is 1.70. The first-order valence-corrected chi connectivity index (χ1v) is 6.66. The van der Waals surface area contributed by atoms with Crippen molar-refractivity contribution >= 4 is 29.1 Å². The number of aromatic nitrogens is 3. The van der Waals surface area contributed by atoms with Gasteiger partial charge in [-0.3, -0.25) is 0 Å². The van der Waals surface area contributed by atoms with Crippen molar-refractivity contribution in [2.24, 2.45) is 0 Å². The number of halogens is 1. The van der Waals surface area contributed by atoms with Crippen molar-refractivity contribution in [3.8, 4) is 0 Å². The molecule has 3 rings (SSSR count). The predicted octanol–water partition coefficient (Wildman–Crippen LogP) is 3.47. The third-order valence-electron chi connectivity index (χ3n) is 2.68. The van der Waals surface area contributed by atoms with Gasteiger partial charge in [0.2, 0.25) is 5.95 Å². The lowest BCUT2D eigenvalue weighted by atomic mass is 10.3. The van der Waals surface area contributed by atoms with Crippen LogP contribution in [-0.4, -0.2) is 15.2 Å². The van der Waals surface area contributed by atoms with Crippen LogP contribution < -0.4 is 10.6 Å². The van der Waals surface area contributed by atoms with Crippen molar-refractivity contribution < 1.29 is 4.42 Å². The van der Waals surface area contributed by atoms with Gasteiger partial charge in [-0.2, -0.15) is 10.1 Å². The summed E-state index contributed by atoms with van der Waals surface area (Å²) in [5, 5.41) is 14.7. The Hall–Kier alpha value is -2.60. The molecule has 7 heteroatoms. The highest BCUT2D eigenvalue weighted by molar-refractivity contribution is 6.30. The van der Waals surface area contributed by atoms with Crippen LogP contribution in [-0.2, 0) is 6.54 Å². The van der Waals surface area contributed by atoms with Gasteiger partial charge >= 0.3 is 0 Å². The van der Waals surface area contributed by atoms with E-state index in [0.29, 0.717) is 23.3 Å². The van der Waals surface area contributed by atoms with Crippen molar-refractivity contribution in [2.75, 3.05) is 10.6 Å². The first-order valence-electron chi connectivity index (χ1n) is 6.28. The van der Waals surface area contributed by atoms with Crippen molar-refractivity contribution in [3.63, 3.8) is 0 Å². The molecule has 0 spiro atoms. The Morgan fingerprint density at radius 2 is 2.00 bits per heavy atom. The molecule has 1 aromatic carbocycles. The Bertz CT molecular complexity index is 700. The molecule has 3 aromatic rings. The maximum Gasteiger partial charge on any atom is 0.245 e. The number of hydrogen-bond acceptors (Lipinski definition) is 6. The first-order chi connectivity index (χ1) is 10.3. The Morgan fingerprint density at radius 3 is 2.76 bits per heavy atom. The van der Waals surface area contributed by atoms with Crippen LogP contribution in [0.4, 0.5) is 17.5 Å². The highest BCUT2D eigenvalue weighted by Gasteiger charge is 2.02. The monoisotopic (exact) mass is 301 g/mol. The molecule has 0 amide bonds. The zero-order chi connectivity index (χ0) is 14.5. The van der Waals surface area contributed by atoms with Crippen LogP contribution >= 0.6 is 11.6 Å². The van der Waals surface area contributed by atoms with Crippen LogP contribution in [0.2, 0.25) is 5.02 Å². The predicted molar refractivity (Wildman–Crippen MR) is 80.6 cm³/mol. The standard InChI is InChI=1S/C14H12ClN5O/c15-10-3-5-11(6-4-10)18-13-9-17-20-14(19-13)16-8-12-2-1-7-21-12/h1-7,9H,8H2,(H2,16,18,19,20). The molecule has 106 valence electrons. The zero-order valence-electron chi connectivity index (χ0n) is 11.0. The van der Waals surface area contributed by atoms with E-state index < -0.39 is 0 Å². The largest absolute Gasteiger partial charge is 0.467 e. The lowest BCUT2D eigenvalue weighted by molar-refractivity contribution is 0.517. The van der Waals surface area contributed by atoms with Crippen LogP contribution in [0.25, 0.3) is 0 Å². The summed E-state index contributed by atoms with van der Waals surface area (Å²) in [5.41, 5.74) is 0.872. The SMILES string of the molecule is Clc1ccc(Nc2cnnc(NCc3ccco3)n2)cc1. The molecule has 2 heterocycles. The molecule has 0 unspecified atom stereocenters. The summed E-state index contributed by atoms with van der Waals surface area (Å²) in [6.07, 6.45) is 3.17. The van der Waals surface area contributed by atoms with Crippen LogP contribution in [0.1, 0.15) is 5.76 Å². The van der Waals surface area contributed by atoms with Gasteiger partial charge < -0.3 is 15.1 Å². The average Bonchev–Trinajstić information content (AvgIpc) is 3.01. The van der Waals surface area contributed by atoms with E-state index in [0.717, 1.165) is 11.4 Å². The molecule has 0 aliphatic rings. The van der Waals surface area contributed by atoms with E-state index in [1.54, 1.807) is 24.6 Å². The number of nitrogens with zero attached hydrogens (tertiary/aromatic N) is 3. The van der Waals surface area contributed by atoms with Crippen LogP contribution in [0.5, 0.6) is 0 Å². The van der Waals surface area contributed by atoms with E-state index in [9.17, 15) is 0 Å². The number of furan rings is 1.